The van der Waals surface area contributed by atoms with Crippen LogP contribution in [0.4, 0.5) is 8.78 Å². The number of hydrogen-bond acceptors (Lipinski definition) is 2. The number of halogens is 2. The van der Waals surface area contributed by atoms with Crippen molar-refractivity contribution in [3.63, 3.8) is 0 Å². The van der Waals surface area contributed by atoms with Crippen molar-refractivity contribution >= 4 is 22.4 Å². The van der Waals surface area contributed by atoms with Crippen LogP contribution in [0, 0.1) is 0 Å². The van der Waals surface area contributed by atoms with E-state index < -0.39 is 11.7 Å². The van der Waals surface area contributed by atoms with Gasteiger partial charge in [0.1, 0.15) is 18.1 Å². The lowest BCUT2D eigenvalue weighted by atomic mass is 10.0. The molecule has 0 saturated heterocycles. The Hall–Kier alpha value is -3.14. The third kappa shape index (κ3) is 4.34. The second kappa shape index (κ2) is 8.49. The van der Waals surface area contributed by atoms with Crippen LogP contribution in [0.25, 0.3) is 22.4 Å². The molecule has 0 fully saturated rings. The predicted octanol–water partition coefficient (Wildman–Crippen LogP) is 6.57. The molecule has 0 spiro atoms. The lowest BCUT2D eigenvalue weighted by molar-refractivity contribution is 0.341. The van der Waals surface area contributed by atoms with Crippen LogP contribution in [-0.4, -0.2) is 13.2 Å². The Morgan fingerprint density at radius 1 is 0.815 bits per heavy atom. The molecule has 0 aliphatic rings. The van der Waals surface area contributed by atoms with Crippen molar-refractivity contribution in [3.05, 3.63) is 84.4 Å². The fourth-order valence-electron chi connectivity index (χ4n) is 2.72. The molecule has 0 radical (unpaired) electrons. The van der Waals surface area contributed by atoms with Gasteiger partial charge in [-0.15, -0.1) is 0 Å². The molecule has 0 heterocycles. The molecule has 27 heavy (non-hydrogen) atoms. The molecule has 0 aliphatic heterocycles. The second-order valence-corrected chi connectivity index (χ2v) is 5.91. The van der Waals surface area contributed by atoms with E-state index in [9.17, 15) is 8.78 Å². The van der Waals surface area contributed by atoms with E-state index in [1.54, 1.807) is 36.4 Å². The maximum absolute atomic E-state index is 14.7. The lowest BCUT2D eigenvalue weighted by Crippen LogP contribution is -1.92. The molecule has 0 amide bonds. The number of ether oxygens (including phenoxy) is 2. The van der Waals surface area contributed by atoms with E-state index in [-0.39, 0.29) is 11.1 Å². The first-order valence-corrected chi connectivity index (χ1v) is 8.68. The second-order valence-electron chi connectivity index (χ2n) is 5.91. The molecule has 4 heteroatoms. The summed E-state index contributed by atoms with van der Waals surface area (Å²) in [5.74, 6) is -0.484. The summed E-state index contributed by atoms with van der Waals surface area (Å²) in [5, 5.41) is 1.72. The smallest absolute Gasteiger partial charge is 0.166 e. The van der Waals surface area contributed by atoms with Gasteiger partial charge in [-0.3, -0.25) is 0 Å². The molecule has 3 aromatic rings. The summed E-state index contributed by atoms with van der Waals surface area (Å²) >= 11 is 0. The van der Waals surface area contributed by atoms with E-state index in [0.717, 1.165) is 16.5 Å². The molecule has 0 bridgehead atoms. The van der Waals surface area contributed by atoms with Crippen LogP contribution < -0.4 is 9.47 Å². The molecule has 0 aromatic heterocycles. The van der Waals surface area contributed by atoms with Crippen LogP contribution in [0.1, 0.15) is 18.1 Å². The number of benzene rings is 3. The Morgan fingerprint density at radius 2 is 1.41 bits per heavy atom. The summed E-state index contributed by atoms with van der Waals surface area (Å²) in [6.07, 6.45) is 1.62. The zero-order valence-electron chi connectivity index (χ0n) is 15.0. The maximum Gasteiger partial charge on any atom is 0.166 e. The van der Waals surface area contributed by atoms with Crippen LogP contribution in [0.3, 0.4) is 0 Å². The van der Waals surface area contributed by atoms with Crippen LogP contribution in [-0.2, 0) is 0 Å². The number of rotatable bonds is 7. The number of fused-ring (bicyclic) bond motifs is 1. The van der Waals surface area contributed by atoms with E-state index in [1.807, 2.05) is 25.1 Å². The Bertz CT molecular complexity index is 975. The molecule has 0 N–H and O–H groups in total. The van der Waals surface area contributed by atoms with Crippen molar-refractivity contribution in [2.24, 2.45) is 0 Å². The summed E-state index contributed by atoms with van der Waals surface area (Å²) in [4.78, 5) is 0. The van der Waals surface area contributed by atoms with Gasteiger partial charge in [0.25, 0.3) is 0 Å². The standard InChI is InChI=1S/C23H20F2O2/c1-3-13-27-20-10-7-16(8-11-20)22(24)23(25)19-6-5-18-15-21(26-4-2)12-9-17(18)14-19/h3,5-12,14-15H,1,4,13H2,2H3. The van der Waals surface area contributed by atoms with Crippen LogP contribution in [0.5, 0.6) is 11.5 Å². The van der Waals surface area contributed by atoms with Gasteiger partial charge in [-0.25, -0.2) is 8.78 Å². The summed E-state index contributed by atoms with van der Waals surface area (Å²) in [6.45, 7) is 6.40. The SMILES string of the molecule is C=CCOc1ccc(C(F)=C(F)c2ccc3cc(OCC)ccc3c2)cc1. The lowest BCUT2D eigenvalue weighted by Gasteiger charge is -2.07. The van der Waals surface area contributed by atoms with E-state index in [0.29, 0.717) is 19.0 Å². The van der Waals surface area contributed by atoms with Gasteiger partial charge in [-0.2, -0.15) is 0 Å². The summed E-state index contributed by atoms with van der Waals surface area (Å²) in [5.41, 5.74) is 0.349. The molecule has 0 aliphatic carbocycles. The maximum atomic E-state index is 14.7. The van der Waals surface area contributed by atoms with Crippen LogP contribution >= 0.6 is 0 Å². The van der Waals surface area contributed by atoms with Gasteiger partial charge in [0, 0.05) is 11.1 Å². The zero-order chi connectivity index (χ0) is 19.2. The third-order valence-electron chi connectivity index (χ3n) is 4.04. The fraction of sp³-hybridized carbons (Fsp3) is 0.130. The molecular formula is C23H20F2O2. The Morgan fingerprint density at radius 3 is 2.11 bits per heavy atom. The van der Waals surface area contributed by atoms with Gasteiger partial charge in [-0.05, 0) is 60.2 Å². The quantitative estimate of drug-likeness (QED) is 0.348. The minimum absolute atomic E-state index is 0.158. The van der Waals surface area contributed by atoms with E-state index in [2.05, 4.69) is 6.58 Å². The third-order valence-corrected chi connectivity index (χ3v) is 4.04. The number of hydrogen-bond donors (Lipinski definition) is 0. The van der Waals surface area contributed by atoms with Crippen molar-refractivity contribution in [1.29, 1.82) is 0 Å². The summed E-state index contributed by atoms with van der Waals surface area (Å²) < 4.78 is 40.1. The van der Waals surface area contributed by atoms with Gasteiger partial charge >= 0.3 is 0 Å². The Balaban J connectivity index is 1.89. The molecule has 3 aromatic carbocycles. The van der Waals surface area contributed by atoms with Crippen LogP contribution in [0.2, 0.25) is 0 Å². The van der Waals surface area contributed by atoms with E-state index >= 15 is 0 Å². The Labute approximate surface area is 157 Å². The van der Waals surface area contributed by atoms with Gasteiger partial charge in [0.2, 0.25) is 0 Å². The van der Waals surface area contributed by atoms with Gasteiger partial charge < -0.3 is 9.47 Å². The van der Waals surface area contributed by atoms with Gasteiger partial charge in [0.05, 0.1) is 6.61 Å². The monoisotopic (exact) mass is 366 g/mol. The highest BCUT2D eigenvalue weighted by atomic mass is 19.2. The molecule has 0 atom stereocenters. The van der Waals surface area contributed by atoms with E-state index in [4.69, 9.17) is 9.47 Å². The van der Waals surface area contributed by atoms with Crippen molar-refractivity contribution in [3.8, 4) is 11.5 Å². The first kappa shape index (κ1) is 18.6. The zero-order valence-corrected chi connectivity index (χ0v) is 15.0. The largest absolute Gasteiger partial charge is 0.494 e. The normalized spacial score (nSPS) is 11.8. The average molecular weight is 366 g/mol. The molecule has 0 saturated carbocycles. The first-order valence-electron chi connectivity index (χ1n) is 8.68. The Kier molecular flexibility index (Phi) is 5.87. The molecule has 2 nitrogen and oxygen atoms in total. The summed E-state index contributed by atoms with van der Waals surface area (Å²) in [7, 11) is 0. The van der Waals surface area contributed by atoms with E-state index in [1.165, 1.54) is 12.1 Å². The topological polar surface area (TPSA) is 18.5 Å². The molecule has 138 valence electrons. The van der Waals surface area contributed by atoms with Crippen LogP contribution in [0.15, 0.2) is 73.3 Å². The van der Waals surface area contributed by atoms with Gasteiger partial charge in [-0.1, -0.05) is 30.9 Å². The van der Waals surface area contributed by atoms with Crippen molar-refractivity contribution in [2.45, 2.75) is 6.92 Å². The first-order chi connectivity index (χ1) is 13.1. The highest BCUT2D eigenvalue weighted by molar-refractivity contribution is 5.90. The highest BCUT2D eigenvalue weighted by Gasteiger charge is 2.12. The summed E-state index contributed by atoms with van der Waals surface area (Å²) in [6, 6.07) is 16.6. The minimum Gasteiger partial charge on any atom is -0.494 e. The van der Waals surface area contributed by atoms with Crippen molar-refractivity contribution < 1.29 is 18.3 Å². The van der Waals surface area contributed by atoms with Gasteiger partial charge in [0.15, 0.2) is 11.7 Å². The predicted molar refractivity (Wildman–Crippen MR) is 106 cm³/mol. The fourth-order valence-corrected chi connectivity index (χ4v) is 2.72. The molecule has 0 unspecified atom stereocenters. The molecule has 3 rings (SSSR count). The van der Waals surface area contributed by atoms with Crippen molar-refractivity contribution in [2.75, 3.05) is 13.2 Å². The minimum atomic E-state index is -0.907. The average Bonchev–Trinajstić information content (AvgIpc) is 2.71. The molecular weight excluding hydrogens is 346 g/mol. The van der Waals surface area contributed by atoms with Crippen molar-refractivity contribution in [1.82, 2.24) is 0 Å². The highest BCUT2D eigenvalue weighted by Crippen LogP contribution is 2.32.